The third-order valence-electron chi connectivity index (χ3n) is 0. The Balaban J connectivity index is 0. The Bertz CT molecular complexity index is 58.0. The summed E-state index contributed by atoms with van der Waals surface area (Å²) in [6.07, 6.45) is 0. The van der Waals surface area contributed by atoms with Gasteiger partial charge in [0.25, 0.3) is 0 Å². The molecule has 2 N–H and O–H groups in total. The second-order valence-corrected chi connectivity index (χ2v) is 0.781. The summed E-state index contributed by atoms with van der Waals surface area (Å²) < 4.78 is 17.6. The Morgan fingerprint density at radius 3 is 1.40 bits per heavy atom. The number of hydrogen-bond acceptors (Lipinski definition) is 3. The SMILES string of the molecule is N[S-](=O)=O.[PoH]. The zero-order chi connectivity index (χ0) is 3.58. The fraction of sp³-hybridized carbons (Fsp3) is 0. The maximum absolute atomic E-state index is 8.78. The summed E-state index contributed by atoms with van der Waals surface area (Å²) in [5, 5.41) is 4.03. The first-order chi connectivity index (χ1) is 1.73. The minimum atomic E-state index is -2.36. The van der Waals surface area contributed by atoms with Crippen molar-refractivity contribution in [2.75, 3.05) is 0 Å². The van der Waals surface area contributed by atoms with Crippen LogP contribution in [0, 0.1) is 0 Å². The van der Waals surface area contributed by atoms with Gasteiger partial charge in [-0.25, -0.2) is 0 Å². The predicted molar refractivity (Wildman–Crippen MR) is 20.1 cm³/mol. The average Bonchev–Trinajstić information content (AvgIpc) is 0.811. The zero-order valence-electron chi connectivity index (χ0n) is 2.25. The van der Waals surface area contributed by atoms with E-state index in [1.54, 1.807) is 0 Å². The van der Waals surface area contributed by atoms with E-state index in [4.69, 9.17) is 8.42 Å². The van der Waals surface area contributed by atoms with E-state index < -0.39 is 10.9 Å². The molecule has 5 heavy (non-hydrogen) atoms. The van der Waals surface area contributed by atoms with Gasteiger partial charge in [-0.15, -0.1) is 0 Å². The van der Waals surface area contributed by atoms with Gasteiger partial charge in [0.05, 0.1) is 0 Å². The Kier molecular flexibility index (Phi) is 8.90. The van der Waals surface area contributed by atoms with Crippen LogP contribution in [0.5, 0.6) is 0 Å². The molecule has 0 aliphatic carbocycles. The molecule has 0 fully saturated rings. The molecule has 5 heteroatoms. The molecule has 33 valence electrons. The summed E-state index contributed by atoms with van der Waals surface area (Å²) >= 11 is 0. The van der Waals surface area contributed by atoms with E-state index in [-0.39, 0.29) is 26.6 Å². The van der Waals surface area contributed by atoms with Crippen molar-refractivity contribution in [3.63, 3.8) is 0 Å². The number of rotatable bonds is 0. The molecule has 0 aliphatic heterocycles. The van der Waals surface area contributed by atoms with Gasteiger partial charge < -0.3 is 13.6 Å². The number of hydrogen-bond donors (Lipinski definition) is 1. The minimum absolute atomic E-state index is 0. The van der Waals surface area contributed by atoms with Gasteiger partial charge in [-0.05, 0) is 10.9 Å². The van der Waals surface area contributed by atoms with Gasteiger partial charge in [0, 0.05) is 0 Å². The van der Waals surface area contributed by atoms with Crippen LogP contribution in [0.1, 0.15) is 0 Å². The van der Waals surface area contributed by atoms with Gasteiger partial charge in [-0.1, -0.05) is 0 Å². The van der Waals surface area contributed by atoms with Crippen molar-refractivity contribution in [1.82, 2.24) is 0 Å². The van der Waals surface area contributed by atoms with Crippen LogP contribution >= 0.6 is 0 Å². The predicted octanol–water partition coefficient (Wildman–Crippen LogP) is -1.48. The molecule has 0 bridgehead atoms. The van der Waals surface area contributed by atoms with Crippen LogP contribution in [0.25, 0.3) is 0 Å². The van der Waals surface area contributed by atoms with Gasteiger partial charge >= 0.3 is 26.6 Å². The van der Waals surface area contributed by atoms with Crippen molar-refractivity contribution in [3.8, 4) is 0 Å². The van der Waals surface area contributed by atoms with Gasteiger partial charge in [-0.2, -0.15) is 0 Å². The first-order valence-corrected chi connectivity index (χ1v) is 1.71. The molecular formula is H3NO2PoS-. The van der Waals surface area contributed by atoms with E-state index in [9.17, 15) is 0 Å². The normalized spacial score (nSPS) is 6.80. The average molecular weight is 290 g/mol. The zero-order valence-corrected chi connectivity index (χ0v) is 6.54. The molecule has 0 spiro atoms. The van der Waals surface area contributed by atoms with Crippen LogP contribution in [0.3, 0.4) is 0 Å². The molecule has 0 rings (SSSR count). The molecule has 3 nitrogen and oxygen atoms in total. The molecule has 1 radical (unpaired) electrons. The van der Waals surface area contributed by atoms with Crippen LogP contribution in [-0.4, -0.2) is 26.6 Å². The maximum atomic E-state index is 8.78. The Morgan fingerprint density at radius 2 is 1.40 bits per heavy atom. The second kappa shape index (κ2) is 4.81. The molecule has 0 saturated heterocycles. The summed E-state index contributed by atoms with van der Waals surface area (Å²) in [7, 11) is -2.36. The summed E-state index contributed by atoms with van der Waals surface area (Å²) in [6.45, 7) is 0. The first-order valence-electron chi connectivity index (χ1n) is 0.569. The van der Waals surface area contributed by atoms with E-state index in [0.29, 0.717) is 0 Å². The van der Waals surface area contributed by atoms with Gasteiger partial charge in [0.1, 0.15) is 0 Å². The molecule has 0 aromatic carbocycles. The first kappa shape index (κ1) is 9.26. The third kappa shape index (κ3) is 58.2. The molecular weight excluding hydrogens is 287 g/mol. The molecule has 0 aliphatic rings. The molecule has 0 unspecified atom stereocenters. The van der Waals surface area contributed by atoms with Crippen LogP contribution in [-0.2, 0) is 19.3 Å². The molecule has 0 saturated carbocycles. The number of nitrogens with two attached hydrogens (primary N) is 1. The fourth-order valence-corrected chi connectivity index (χ4v) is 0. The Hall–Kier alpha value is 0.806. The van der Waals surface area contributed by atoms with Crippen LogP contribution in [0.15, 0.2) is 0 Å². The van der Waals surface area contributed by atoms with Crippen LogP contribution in [0.4, 0.5) is 0 Å². The van der Waals surface area contributed by atoms with Crippen LogP contribution in [0.2, 0.25) is 0 Å². The summed E-state index contributed by atoms with van der Waals surface area (Å²) in [5.74, 6) is 0. The second-order valence-electron chi connectivity index (χ2n) is 0.260. The van der Waals surface area contributed by atoms with E-state index in [1.807, 2.05) is 0 Å². The Labute approximate surface area is 51.1 Å². The molecule has 0 aromatic rings. The summed E-state index contributed by atoms with van der Waals surface area (Å²) in [5.41, 5.74) is 0. The molecule has 0 heterocycles. The van der Waals surface area contributed by atoms with E-state index in [2.05, 4.69) is 5.14 Å². The van der Waals surface area contributed by atoms with Crippen molar-refractivity contribution >= 4 is 37.5 Å². The van der Waals surface area contributed by atoms with Crippen LogP contribution < -0.4 is 5.14 Å². The van der Waals surface area contributed by atoms with Gasteiger partial charge in [-0.3, -0.25) is 0 Å². The molecule has 0 atom stereocenters. The van der Waals surface area contributed by atoms with E-state index in [1.165, 1.54) is 0 Å². The summed E-state index contributed by atoms with van der Waals surface area (Å²) in [6, 6.07) is 0. The topological polar surface area (TPSA) is 60.2 Å². The van der Waals surface area contributed by atoms with Crippen molar-refractivity contribution in [1.29, 1.82) is 0 Å². The van der Waals surface area contributed by atoms with Crippen molar-refractivity contribution in [2.24, 2.45) is 5.14 Å². The van der Waals surface area contributed by atoms with Crippen molar-refractivity contribution < 1.29 is 8.42 Å². The quantitative estimate of drug-likeness (QED) is 0.553. The summed E-state index contributed by atoms with van der Waals surface area (Å²) in [4.78, 5) is 0. The van der Waals surface area contributed by atoms with E-state index in [0.717, 1.165) is 0 Å². The van der Waals surface area contributed by atoms with Gasteiger partial charge in [0.15, 0.2) is 0 Å². The monoisotopic (exact) mass is 290 g/mol. The van der Waals surface area contributed by atoms with Crippen molar-refractivity contribution in [3.05, 3.63) is 0 Å². The molecule has 0 amide bonds. The Morgan fingerprint density at radius 1 is 1.40 bits per heavy atom. The van der Waals surface area contributed by atoms with Crippen molar-refractivity contribution in [2.45, 2.75) is 0 Å². The van der Waals surface area contributed by atoms with E-state index >= 15 is 0 Å². The molecule has 0 aromatic heterocycles. The standard InChI is InChI=1S/H2NO2S.Po.H/c1-4(2)3;;/h(H2,1,2,3);;/q-1;;. The third-order valence-corrected chi connectivity index (χ3v) is 0. The fourth-order valence-electron chi connectivity index (χ4n) is 0. The van der Waals surface area contributed by atoms with Gasteiger partial charge in [0.2, 0.25) is 0 Å².